The maximum atomic E-state index is 10.1. The standard InChI is InChI=1S/C20H19NO2/c1-2-13-23-17-10-8-16(9-11-17)21-14-19-18-6-4-3-5-15(18)7-12-20(19)22/h3-12,14,22H,2,13H2,1H3. The highest BCUT2D eigenvalue weighted by molar-refractivity contribution is 6.02. The average molecular weight is 305 g/mol. The lowest BCUT2D eigenvalue weighted by Gasteiger charge is -2.05. The predicted octanol–water partition coefficient (Wildman–Crippen LogP) is 5.08. The first-order valence-electron chi connectivity index (χ1n) is 7.75. The van der Waals surface area contributed by atoms with E-state index in [-0.39, 0.29) is 5.75 Å². The number of benzene rings is 3. The third-order valence-electron chi connectivity index (χ3n) is 3.60. The fraction of sp³-hybridized carbons (Fsp3) is 0.150. The van der Waals surface area contributed by atoms with Gasteiger partial charge in [-0.1, -0.05) is 37.3 Å². The SMILES string of the molecule is CCCOc1ccc(N=Cc2c(O)ccc3ccccc23)cc1. The van der Waals surface area contributed by atoms with Crippen LogP contribution in [-0.4, -0.2) is 17.9 Å². The van der Waals surface area contributed by atoms with Gasteiger partial charge in [-0.15, -0.1) is 0 Å². The van der Waals surface area contributed by atoms with E-state index < -0.39 is 0 Å². The van der Waals surface area contributed by atoms with E-state index in [4.69, 9.17) is 4.74 Å². The molecule has 0 heterocycles. The number of ether oxygens (including phenoxy) is 1. The zero-order valence-electron chi connectivity index (χ0n) is 13.1. The summed E-state index contributed by atoms with van der Waals surface area (Å²) in [4.78, 5) is 4.47. The predicted molar refractivity (Wildman–Crippen MR) is 95.1 cm³/mol. The molecule has 0 unspecified atom stereocenters. The van der Waals surface area contributed by atoms with E-state index in [1.54, 1.807) is 12.3 Å². The maximum absolute atomic E-state index is 10.1. The molecule has 23 heavy (non-hydrogen) atoms. The van der Waals surface area contributed by atoms with E-state index in [2.05, 4.69) is 11.9 Å². The first kappa shape index (κ1) is 15.1. The molecule has 0 saturated heterocycles. The number of hydrogen-bond acceptors (Lipinski definition) is 3. The summed E-state index contributed by atoms with van der Waals surface area (Å²) in [6, 6.07) is 19.2. The van der Waals surface area contributed by atoms with Crippen LogP contribution in [0.15, 0.2) is 65.7 Å². The lowest BCUT2D eigenvalue weighted by atomic mass is 10.0. The molecule has 3 aromatic carbocycles. The number of hydrogen-bond donors (Lipinski definition) is 1. The molecule has 0 saturated carbocycles. The van der Waals surface area contributed by atoms with Gasteiger partial charge in [-0.3, -0.25) is 4.99 Å². The van der Waals surface area contributed by atoms with Gasteiger partial charge in [-0.25, -0.2) is 0 Å². The first-order chi connectivity index (χ1) is 11.3. The van der Waals surface area contributed by atoms with Crippen LogP contribution >= 0.6 is 0 Å². The number of aliphatic imine (C=N–C) groups is 1. The van der Waals surface area contributed by atoms with Crippen molar-refractivity contribution in [3.05, 3.63) is 66.2 Å². The maximum Gasteiger partial charge on any atom is 0.124 e. The van der Waals surface area contributed by atoms with Crippen LogP contribution in [0.3, 0.4) is 0 Å². The largest absolute Gasteiger partial charge is 0.507 e. The number of rotatable bonds is 5. The van der Waals surface area contributed by atoms with Crippen LogP contribution in [0, 0.1) is 0 Å². The van der Waals surface area contributed by atoms with E-state index in [9.17, 15) is 5.11 Å². The Bertz CT molecular complexity index is 823. The van der Waals surface area contributed by atoms with Gasteiger partial charge in [0.25, 0.3) is 0 Å². The second-order valence-electron chi connectivity index (χ2n) is 5.32. The van der Waals surface area contributed by atoms with E-state index in [0.717, 1.165) is 34.2 Å². The molecule has 3 rings (SSSR count). The molecule has 1 N–H and O–H groups in total. The summed E-state index contributed by atoms with van der Waals surface area (Å²) >= 11 is 0. The Morgan fingerprint density at radius 2 is 1.78 bits per heavy atom. The zero-order valence-corrected chi connectivity index (χ0v) is 13.1. The van der Waals surface area contributed by atoms with Crippen LogP contribution in [0.2, 0.25) is 0 Å². The van der Waals surface area contributed by atoms with Crippen molar-refractivity contribution in [3.8, 4) is 11.5 Å². The molecule has 3 heteroatoms. The Morgan fingerprint density at radius 3 is 2.57 bits per heavy atom. The Balaban J connectivity index is 1.87. The van der Waals surface area contributed by atoms with Crippen LogP contribution in [0.5, 0.6) is 11.5 Å². The van der Waals surface area contributed by atoms with Crippen molar-refractivity contribution in [1.82, 2.24) is 0 Å². The Kier molecular flexibility index (Phi) is 4.57. The topological polar surface area (TPSA) is 41.8 Å². The van der Waals surface area contributed by atoms with E-state index in [1.807, 2.05) is 54.6 Å². The minimum Gasteiger partial charge on any atom is -0.507 e. The molecule has 0 fully saturated rings. The van der Waals surface area contributed by atoms with E-state index in [1.165, 1.54) is 0 Å². The summed E-state index contributed by atoms with van der Waals surface area (Å²) in [6.07, 6.45) is 2.69. The molecule has 0 atom stereocenters. The highest BCUT2D eigenvalue weighted by atomic mass is 16.5. The highest BCUT2D eigenvalue weighted by Gasteiger charge is 2.04. The minimum atomic E-state index is 0.232. The van der Waals surface area contributed by atoms with Crippen molar-refractivity contribution >= 4 is 22.7 Å². The molecule has 3 aromatic rings. The number of phenolic OH excluding ortho intramolecular Hbond substituents is 1. The molecule has 3 nitrogen and oxygen atoms in total. The molecule has 0 amide bonds. The summed E-state index contributed by atoms with van der Waals surface area (Å²) in [6.45, 7) is 2.79. The molecule has 0 spiro atoms. The van der Waals surface area contributed by atoms with Gasteiger partial charge in [0, 0.05) is 11.8 Å². The molecule has 116 valence electrons. The molecule has 0 aliphatic heterocycles. The van der Waals surface area contributed by atoms with Gasteiger partial charge in [0.05, 0.1) is 12.3 Å². The third-order valence-corrected chi connectivity index (χ3v) is 3.60. The molecule has 0 bridgehead atoms. The number of aromatic hydroxyl groups is 1. The fourth-order valence-corrected chi connectivity index (χ4v) is 2.41. The molecule has 0 aliphatic carbocycles. The lowest BCUT2D eigenvalue weighted by molar-refractivity contribution is 0.317. The van der Waals surface area contributed by atoms with Gasteiger partial charge >= 0.3 is 0 Å². The smallest absolute Gasteiger partial charge is 0.124 e. The fourth-order valence-electron chi connectivity index (χ4n) is 2.41. The average Bonchev–Trinajstić information content (AvgIpc) is 2.60. The summed E-state index contributed by atoms with van der Waals surface area (Å²) < 4.78 is 5.56. The third kappa shape index (κ3) is 3.51. The number of phenols is 1. The molecule has 0 aromatic heterocycles. The van der Waals surface area contributed by atoms with Crippen LogP contribution < -0.4 is 4.74 Å². The summed E-state index contributed by atoms with van der Waals surface area (Å²) in [5, 5.41) is 12.2. The van der Waals surface area contributed by atoms with Crippen LogP contribution in [-0.2, 0) is 0 Å². The summed E-state index contributed by atoms with van der Waals surface area (Å²) in [5.41, 5.74) is 1.55. The first-order valence-corrected chi connectivity index (χ1v) is 7.75. The summed E-state index contributed by atoms with van der Waals surface area (Å²) in [5.74, 6) is 1.08. The molecular formula is C20H19NO2. The Morgan fingerprint density at radius 1 is 1.00 bits per heavy atom. The van der Waals surface area contributed by atoms with Crippen molar-refractivity contribution in [1.29, 1.82) is 0 Å². The summed E-state index contributed by atoms with van der Waals surface area (Å²) in [7, 11) is 0. The quantitative estimate of drug-likeness (QED) is 0.667. The number of nitrogens with zero attached hydrogens (tertiary/aromatic N) is 1. The normalized spacial score (nSPS) is 11.2. The van der Waals surface area contributed by atoms with Gasteiger partial charge in [0.2, 0.25) is 0 Å². The van der Waals surface area contributed by atoms with Gasteiger partial charge in [0.15, 0.2) is 0 Å². The van der Waals surface area contributed by atoms with Gasteiger partial charge in [-0.05, 0) is 47.5 Å². The molecular weight excluding hydrogens is 286 g/mol. The van der Waals surface area contributed by atoms with Gasteiger partial charge in [-0.2, -0.15) is 0 Å². The zero-order chi connectivity index (χ0) is 16.1. The lowest BCUT2D eigenvalue weighted by Crippen LogP contribution is -1.93. The number of fused-ring (bicyclic) bond motifs is 1. The molecule has 0 aliphatic rings. The van der Waals surface area contributed by atoms with Gasteiger partial charge in [0.1, 0.15) is 11.5 Å². The van der Waals surface area contributed by atoms with Crippen molar-refractivity contribution < 1.29 is 9.84 Å². The van der Waals surface area contributed by atoms with Crippen molar-refractivity contribution in [2.24, 2.45) is 4.99 Å². The van der Waals surface area contributed by atoms with E-state index in [0.29, 0.717) is 6.61 Å². The van der Waals surface area contributed by atoms with Crippen molar-refractivity contribution in [2.45, 2.75) is 13.3 Å². The van der Waals surface area contributed by atoms with Crippen LogP contribution in [0.4, 0.5) is 5.69 Å². The van der Waals surface area contributed by atoms with Crippen molar-refractivity contribution in [2.75, 3.05) is 6.61 Å². The van der Waals surface area contributed by atoms with E-state index >= 15 is 0 Å². The van der Waals surface area contributed by atoms with Crippen LogP contribution in [0.25, 0.3) is 10.8 Å². The Labute approximate surface area is 135 Å². The minimum absolute atomic E-state index is 0.232. The second kappa shape index (κ2) is 6.97. The second-order valence-corrected chi connectivity index (χ2v) is 5.32. The van der Waals surface area contributed by atoms with Gasteiger partial charge < -0.3 is 9.84 Å². The monoisotopic (exact) mass is 305 g/mol. The highest BCUT2D eigenvalue weighted by Crippen LogP contribution is 2.26. The Hall–Kier alpha value is -2.81. The van der Waals surface area contributed by atoms with Crippen LogP contribution in [0.1, 0.15) is 18.9 Å². The molecule has 0 radical (unpaired) electrons. The van der Waals surface area contributed by atoms with Crippen molar-refractivity contribution in [3.63, 3.8) is 0 Å².